The maximum Gasteiger partial charge on any atom is 0.330 e. The maximum absolute atomic E-state index is 13.6. The van der Waals surface area contributed by atoms with Gasteiger partial charge in [-0.2, -0.15) is 0 Å². The average molecular weight is 246 g/mol. The molecule has 0 radical (unpaired) electrons. The third-order valence-electron chi connectivity index (χ3n) is 2.60. The number of aromatic nitrogens is 2. The Morgan fingerprint density at radius 1 is 1.53 bits per heavy atom. The van der Waals surface area contributed by atoms with Gasteiger partial charge in [-0.15, -0.1) is 0 Å². The van der Waals surface area contributed by atoms with Crippen LogP contribution in [0.5, 0.6) is 0 Å². The quantitative estimate of drug-likeness (QED) is 0.567. The second-order valence-corrected chi connectivity index (χ2v) is 3.70. The van der Waals surface area contributed by atoms with Crippen LogP contribution in [0, 0.1) is 0 Å². The Morgan fingerprint density at radius 2 is 2.24 bits per heavy atom. The number of nitrogens with zero attached hydrogens (tertiary/aromatic N) is 1. The van der Waals surface area contributed by atoms with Gasteiger partial charge in [-0.05, 0) is 0 Å². The molecule has 1 fully saturated rings. The van der Waals surface area contributed by atoms with E-state index in [-0.39, 0.29) is 0 Å². The summed E-state index contributed by atoms with van der Waals surface area (Å²) in [6.07, 6.45) is -4.73. The molecule has 1 saturated heterocycles. The van der Waals surface area contributed by atoms with Crippen LogP contribution in [0.2, 0.25) is 0 Å². The van der Waals surface area contributed by atoms with Crippen LogP contribution in [0.15, 0.2) is 21.9 Å². The molecule has 0 spiro atoms. The van der Waals surface area contributed by atoms with E-state index in [1.165, 1.54) is 0 Å². The average Bonchev–Trinajstić information content (AvgIpc) is 2.57. The normalized spacial score (nSPS) is 32.9. The van der Waals surface area contributed by atoms with Crippen molar-refractivity contribution in [2.45, 2.75) is 24.6 Å². The Bertz CT molecular complexity index is 513. The second kappa shape index (κ2) is 4.40. The van der Waals surface area contributed by atoms with Crippen molar-refractivity contribution in [2.24, 2.45) is 0 Å². The fourth-order valence-corrected chi connectivity index (χ4v) is 1.71. The highest BCUT2D eigenvalue weighted by molar-refractivity contribution is 4.93. The Labute approximate surface area is 94.1 Å². The fourth-order valence-electron chi connectivity index (χ4n) is 1.71. The van der Waals surface area contributed by atoms with Gasteiger partial charge in [0.05, 0.1) is 6.61 Å². The molecule has 0 aromatic carbocycles. The summed E-state index contributed by atoms with van der Waals surface area (Å²) in [6.45, 7) is -0.559. The number of halogens is 1. The number of aromatic amines is 1. The lowest BCUT2D eigenvalue weighted by Gasteiger charge is -2.15. The molecule has 0 aliphatic carbocycles. The van der Waals surface area contributed by atoms with Crippen molar-refractivity contribution in [3.05, 3.63) is 33.1 Å². The number of hydrogen-bond donors (Lipinski definition) is 3. The number of H-pyrrole nitrogens is 1. The van der Waals surface area contributed by atoms with Gasteiger partial charge in [0.15, 0.2) is 12.4 Å². The van der Waals surface area contributed by atoms with Gasteiger partial charge in [0.25, 0.3) is 5.56 Å². The van der Waals surface area contributed by atoms with Gasteiger partial charge in [0.1, 0.15) is 12.2 Å². The molecule has 0 saturated carbocycles. The molecule has 8 heteroatoms. The third-order valence-corrected chi connectivity index (χ3v) is 2.60. The molecule has 2 heterocycles. The van der Waals surface area contributed by atoms with Crippen LogP contribution in [0.4, 0.5) is 4.39 Å². The van der Waals surface area contributed by atoms with E-state index >= 15 is 0 Å². The van der Waals surface area contributed by atoms with Gasteiger partial charge in [-0.25, -0.2) is 9.18 Å². The van der Waals surface area contributed by atoms with Crippen LogP contribution in [0.25, 0.3) is 0 Å². The fraction of sp³-hybridized carbons (Fsp3) is 0.556. The molecule has 1 aromatic rings. The summed E-state index contributed by atoms with van der Waals surface area (Å²) in [7, 11) is 0. The molecule has 17 heavy (non-hydrogen) atoms. The van der Waals surface area contributed by atoms with E-state index in [0.717, 1.165) is 16.8 Å². The van der Waals surface area contributed by atoms with Crippen molar-refractivity contribution < 1.29 is 19.3 Å². The largest absolute Gasteiger partial charge is 0.394 e. The van der Waals surface area contributed by atoms with Crippen molar-refractivity contribution >= 4 is 0 Å². The summed E-state index contributed by atoms with van der Waals surface area (Å²) >= 11 is 0. The predicted octanol–water partition coefficient (Wildman–Crippen LogP) is -1.87. The Kier molecular flexibility index (Phi) is 3.09. The molecule has 0 unspecified atom stereocenters. The lowest BCUT2D eigenvalue weighted by Crippen LogP contribution is -2.35. The summed E-state index contributed by atoms with van der Waals surface area (Å²) in [5.41, 5.74) is -1.45. The van der Waals surface area contributed by atoms with Gasteiger partial charge in [-0.3, -0.25) is 14.3 Å². The van der Waals surface area contributed by atoms with Crippen LogP contribution in [0.3, 0.4) is 0 Å². The molecule has 1 aromatic heterocycles. The molecule has 0 amide bonds. The van der Waals surface area contributed by atoms with E-state index in [2.05, 4.69) is 0 Å². The zero-order chi connectivity index (χ0) is 12.6. The highest BCUT2D eigenvalue weighted by atomic mass is 19.1. The zero-order valence-electron chi connectivity index (χ0n) is 8.62. The lowest BCUT2D eigenvalue weighted by molar-refractivity contribution is -0.0491. The van der Waals surface area contributed by atoms with E-state index in [1.54, 1.807) is 0 Å². The second-order valence-electron chi connectivity index (χ2n) is 3.70. The molecule has 7 nitrogen and oxygen atoms in total. The maximum atomic E-state index is 13.6. The smallest absolute Gasteiger partial charge is 0.330 e. The summed E-state index contributed by atoms with van der Waals surface area (Å²) < 4.78 is 19.5. The van der Waals surface area contributed by atoms with Gasteiger partial charge < -0.3 is 14.9 Å². The first-order valence-electron chi connectivity index (χ1n) is 4.94. The van der Waals surface area contributed by atoms with Crippen molar-refractivity contribution in [2.75, 3.05) is 6.61 Å². The van der Waals surface area contributed by atoms with Crippen molar-refractivity contribution in [1.82, 2.24) is 9.55 Å². The van der Waals surface area contributed by atoms with Gasteiger partial charge >= 0.3 is 5.69 Å². The van der Waals surface area contributed by atoms with Gasteiger partial charge in [-0.1, -0.05) is 0 Å². The third kappa shape index (κ3) is 2.02. The first kappa shape index (κ1) is 12.0. The highest BCUT2D eigenvalue weighted by Gasteiger charge is 2.45. The number of alkyl halides is 1. The molecule has 3 N–H and O–H groups in total. The van der Waals surface area contributed by atoms with Crippen molar-refractivity contribution in [1.29, 1.82) is 0 Å². The van der Waals surface area contributed by atoms with Crippen LogP contribution >= 0.6 is 0 Å². The summed E-state index contributed by atoms with van der Waals surface area (Å²) in [5, 5.41) is 18.2. The molecule has 94 valence electrons. The predicted molar refractivity (Wildman–Crippen MR) is 53.2 cm³/mol. The summed E-state index contributed by atoms with van der Waals surface area (Å²) in [6, 6.07) is 1.04. The monoisotopic (exact) mass is 246 g/mol. The molecular formula is C9H11FN2O5. The van der Waals surface area contributed by atoms with Crippen molar-refractivity contribution in [3.63, 3.8) is 0 Å². The molecule has 1 aliphatic heterocycles. The standard InChI is InChI=1S/C9H11FN2O5/c10-6-7(15)4(3-13)17-8(6)12-2-1-5(14)11-9(12)16/h1-2,4,6-8,13,15H,3H2,(H,11,14,16)/t4-,6+,7-,8+/m1/s1. The molecular weight excluding hydrogens is 235 g/mol. The number of aliphatic hydroxyl groups is 2. The van der Waals surface area contributed by atoms with Crippen molar-refractivity contribution in [3.8, 4) is 0 Å². The Balaban J connectivity index is 2.35. The Morgan fingerprint density at radius 3 is 2.76 bits per heavy atom. The Hall–Kier alpha value is -1.51. The van der Waals surface area contributed by atoms with Crippen LogP contribution < -0.4 is 11.2 Å². The topological polar surface area (TPSA) is 105 Å². The molecule has 0 bridgehead atoms. The van der Waals surface area contributed by atoms with Gasteiger partial charge in [0.2, 0.25) is 0 Å². The van der Waals surface area contributed by atoms with E-state index in [1.807, 2.05) is 4.98 Å². The van der Waals surface area contributed by atoms with Crippen LogP contribution in [-0.4, -0.2) is 44.8 Å². The molecule has 1 aliphatic rings. The SMILES string of the molecule is O=c1ccn([C@H]2O[C@H](CO)[C@@H](O)[C@@H]2F)c(=O)[nH]1. The van der Waals surface area contributed by atoms with Crippen LogP contribution in [0.1, 0.15) is 6.23 Å². The summed E-state index contributed by atoms with van der Waals surface area (Å²) in [5.74, 6) is 0. The number of rotatable bonds is 2. The van der Waals surface area contributed by atoms with E-state index in [9.17, 15) is 19.1 Å². The minimum absolute atomic E-state index is 0.559. The number of hydrogen-bond acceptors (Lipinski definition) is 5. The molecule has 2 rings (SSSR count). The van der Waals surface area contributed by atoms with Crippen LogP contribution in [-0.2, 0) is 4.74 Å². The molecule has 4 atom stereocenters. The number of aliphatic hydroxyl groups excluding tert-OH is 2. The van der Waals surface area contributed by atoms with Gasteiger partial charge in [0, 0.05) is 12.3 Å². The van der Waals surface area contributed by atoms with E-state index in [0.29, 0.717) is 0 Å². The number of ether oxygens (including phenoxy) is 1. The number of nitrogens with one attached hydrogen (secondary N) is 1. The minimum Gasteiger partial charge on any atom is -0.394 e. The summed E-state index contributed by atoms with van der Waals surface area (Å²) in [4.78, 5) is 24.2. The van der Waals surface area contributed by atoms with E-state index in [4.69, 9.17) is 9.84 Å². The first-order chi connectivity index (χ1) is 8.04. The highest BCUT2D eigenvalue weighted by Crippen LogP contribution is 2.30. The zero-order valence-corrected chi connectivity index (χ0v) is 8.62. The lowest BCUT2D eigenvalue weighted by atomic mass is 10.1. The van der Waals surface area contributed by atoms with E-state index < -0.39 is 42.5 Å². The minimum atomic E-state index is -1.85. The first-order valence-corrected chi connectivity index (χ1v) is 4.94.